The van der Waals surface area contributed by atoms with Crippen LogP contribution in [0.3, 0.4) is 0 Å². The molecule has 138 heavy (non-hydrogen) atoms. The molecule has 12 N–H and O–H groups in total. The summed E-state index contributed by atoms with van der Waals surface area (Å²) in [5, 5.41) is 57.2. The topological polar surface area (TPSA) is 360 Å². The molecule has 3 heterocycles. The first-order valence-corrected chi connectivity index (χ1v) is 44.8. The molecule has 3 fully saturated rings. The minimum absolute atomic E-state index is 0.0518. The molecule has 0 aliphatic carbocycles. The second-order valence-corrected chi connectivity index (χ2v) is 33.8. The largest absolute Gasteiger partial charge is 0.483 e. The number of benzene rings is 9. The van der Waals surface area contributed by atoms with Gasteiger partial charge in [0.05, 0.1) is 59.7 Å². The van der Waals surface area contributed by atoms with E-state index in [2.05, 4.69) is 31.9 Å². The number of carbonyl (C=O) groups is 9. The maximum Gasteiger partial charge on any atom is 0.318 e. The lowest BCUT2D eigenvalue weighted by Crippen LogP contribution is -2.59. The second kappa shape index (κ2) is 54.7. The number of ether oxygens (including phenoxy) is 3. The van der Waals surface area contributed by atoms with Crippen molar-refractivity contribution in [2.45, 2.75) is 232 Å². The fourth-order valence-electron chi connectivity index (χ4n) is 15.4. The summed E-state index contributed by atoms with van der Waals surface area (Å²) < 4.78 is 344. The minimum Gasteiger partial charge on any atom is -0.483 e. The van der Waals surface area contributed by atoms with Crippen molar-refractivity contribution in [3.8, 4) is 17.2 Å². The lowest BCUT2D eigenvalue weighted by Gasteiger charge is -2.37. The summed E-state index contributed by atoms with van der Waals surface area (Å²) in [5.41, 5.74) is 0.557. The van der Waals surface area contributed by atoms with Crippen LogP contribution >= 0.6 is 0 Å². The van der Waals surface area contributed by atoms with E-state index in [1.54, 1.807) is 122 Å². The van der Waals surface area contributed by atoms with Crippen LogP contribution in [0.1, 0.15) is 200 Å². The van der Waals surface area contributed by atoms with Crippen LogP contribution in [0, 0.1) is 59.2 Å². The number of rotatable bonds is 45. The second-order valence-electron chi connectivity index (χ2n) is 33.8. The van der Waals surface area contributed by atoms with Crippen LogP contribution in [0.25, 0.3) is 0 Å². The molecule has 0 bridgehead atoms. The number of aliphatic hydroxyl groups is 3. The van der Waals surface area contributed by atoms with E-state index in [9.17, 15) is 66.7 Å². The van der Waals surface area contributed by atoms with Crippen LogP contribution in [-0.2, 0) is 67.2 Å². The Hall–Kier alpha value is -13.1. The van der Waals surface area contributed by atoms with Gasteiger partial charge in [-0.15, -0.1) is 0 Å². The average Bonchev–Trinajstić information content (AvgIpc) is 0.713. The number of aliphatic hydroxyl groups excluding tert-OH is 3. The number of para-hydroxylation sites is 3. The van der Waals surface area contributed by atoms with Crippen molar-refractivity contribution < 1.29 is 126 Å². The van der Waals surface area contributed by atoms with Gasteiger partial charge in [-0.05, 0) is 203 Å². The number of amides is 12. The first-order valence-electron chi connectivity index (χ1n) is 64.3. The number of nitrogens with zero attached hydrogens (tertiary/aromatic N) is 3. The minimum atomic E-state index is -3.78. The van der Waals surface area contributed by atoms with E-state index in [0.29, 0.717) is 58.6 Å². The zero-order valence-corrected chi connectivity index (χ0v) is 78.1. The van der Waals surface area contributed by atoms with Crippen molar-refractivity contribution in [1.29, 1.82) is 0 Å². The zero-order valence-electron chi connectivity index (χ0n) is 117. The van der Waals surface area contributed by atoms with Gasteiger partial charge in [0.15, 0.2) is 19.8 Å². The molecule has 3 aliphatic heterocycles. The van der Waals surface area contributed by atoms with E-state index in [1.165, 1.54) is 39.8 Å². The maximum atomic E-state index is 14.4. The Bertz CT molecular complexity index is 7320. The zero-order chi connectivity index (χ0) is 133. The SMILES string of the molecule is [2H]C([2H])(Oc1c(C)cccc1C)C(=O)N[C@@H](Cc1ccccc1)[C@@H](O)C[C@H](Cc1ccccc1)NC(=O)[C@H](C(C)C)N1CCCNC1=O.[2H]c1c([2H])c([2H])c(C([2H])([2H])[C@]([2H])(NC(=O)COc2c(C([2H])([2H])[2H])c([2H])c([2H])c([2H])c2C([2H])([2H])[2H])[C@@H](O)C[C@H](Cc2ccccc2)NC(=O)[C@H](C(C)C)N2C(=O)NC([2H])([2H])C([2H])([2H])C2([2H])[2H])c([2H])c1[2H].[2H]c1c([2H])c([2H])c(C([2H])([2H])[C@]([2H])(NC(=O)COc2c(C)cccc2C)[C@@H](O)C[C@H](Cc2ccccc2)NC(=O)[C@H](C(C)C)N2C(=O)NC([2H])([2H])C([2H])([2H])C2([2H])[2H])c([2H])c1[2H]. The molecule has 738 valence electrons. The van der Waals surface area contributed by atoms with Crippen molar-refractivity contribution in [3.63, 3.8) is 0 Å². The van der Waals surface area contributed by atoms with E-state index >= 15 is 0 Å². The number of nitrogens with one attached hydrogen (secondary N) is 9. The molecule has 9 aromatic rings. The normalized spacial score (nSPS) is 23.0. The highest BCUT2D eigenvalue weighted by molar-refractivity contribution is 5.90. The van der Waals surface area contributed by atoms with Gasteiger partial charge in [-0.2, -0.15) is 0 Å². The first kappa shape index (κ1) is 64.1. The Morgan fingerprint density at radius 2 is 0.754 bits per heavy atom. The van der Waals surface area contributed by atoms with Crippen LogP contribution in [-0.4, -0.2) is 215 Å². The quantitative estimate of drug-likeness (QED) is 0.0169. The van der Waals surface area contributed by atoms with Gasteiger partial charge < -0.3 is 92.1 Å². The Morgan fingerprint density at radius 1 is 0.406 bits per heavy atom. The smallest absolute Gasteiger partial charge is 0.318 e. The van der Waals surface area contributed by atoms with E-state index in [0.717, 1.165) is 17.5 Å². The molecular formula is C111H144N12O15. The van der Waals surface area contributed by atoms with Crippen LogP contribution in [0.5, 0.6) is 17.2 Å². The number of hydrogen-bond acceptors (Lipinski definition) is 15. The first-order chi connectivity index (χ1) is 81.6. The fourth-order valence-corrected chi connectivity index (χ4v) is 15.4. The number of hydrogen-bond donors (Lipinski definition) is 12. The molecule has 9 aromatic carbocycles. The average molecular weight is 1930 g/mol. The molecule has 3 saturated heterocycles. The fraction of sp³-hybridized carbons (Fsp3) is 0.432. The Labute approximate surface area is 869 Å². The van der Waals surface area contributed by atoms with Crippen LogP contribution in [0.2, 0.25) is 0 Å². The molecule has 27 heteroatoms. The van der Waals surface area contributed by atoms with Gasteiger partial charge in [0, 0.05) is 87.4 Å². The molecule has 0 radical (unpaired) electrons. The number of urea groups is 3. The van der Waals surface area contributed by atoms with Gasteiger partial charge in [-0.25, -0.2) is 14.4 Å². The van der Waals surface area contributed by atoms with Crippen LogP contribution < -0.4 is 62.1 Å². The predicted octanol–water partition coefficient (Wildman–Crippen LogP) is 13.0. The Kier molecular flexibility index (Phi) is 25.4. The molecular weight excluding hydrogens is 1740 g/mol. The highest BCUT2D eigenvalue weighted by Gasteiger charge is 2.40. The van der Waals surface area contributed by atoms with Gasteiger partial charge in [0.1, 0.15) is 35.4 Å². The summed E-state index contributed by atoms with van der Waals surface area (Å²) in [7, 11) is 0. The summed E-state index contributed by atoms with van der Waals surface area (Å²) in [6.45, 7) is -7.99. The highest BCUT2D eigenvalue weighted by Crippen LogP contribution is 2.29. The Balaban J connectivity index is 0.000000271. The summed E-state index contributed by atoms with van der Waals surface area (Å²) in [4.78, 5) is 125. The molecule has 12 rings (SSSR count). The van der Waals surface area contributed by atoms with Crippen molar-refractivity contribution in [2.75, 3.05) is 58.8 Å². The maximum absolute atomic E-state index is 14.4. The number of carbonyl (C=O) groups excluding carboxylic acids is 9. The summed E-state index contributed by atoms with van der Waals surface area (Å²) in [6, 6.07) is 12.3. The van der Waals surface area contributed by atoms with Gasteiger partial charge in [0.25, 0.3) is 17.7 Å². The lowest BCUT2D eigenvalue weighted by atomic mass is 9.92. The van der Waals surface area contributed by atoms with E-state index < -0.39 is 330 Å². The van der Waals surface area contributed by atoms with Gasteiger partial charge in [-0.3, -0.25) is 28.8 Å². The molecule has 12 atom stereocenters. The van der Waals surface area contributed by atoms with E-state index in [-0.39, 0.29) is 59.1 Å². The van der Waals surface area contributed by atoms with E-state index in [4.69, 9.17) is 59.4 Å². The summed E-state index contributed by atoms with van der Waals surface area (Å²) in [6.07, 6.45) is -21.3. The standard InChI is InChI=1S/3C37H48N4O5/c3*1-25(2)34(41-20-12-19-38-37(41)45)36(44)39-30(21-28-15-7-5-8-16-28)23-32(42)31(22-29-17-9-6-10-18-29)40-33(43)24-46-35-26(3)13-11-14-27(35)4/h3*5-11,13-18,25,30-32,34,42H,12,19-24H2,1-4H3,(H,38,45)(H,39,44)(H,40,43)/t3*30-,31-,32-,34-/m000/s1/i3D3,4D3,6D,9D,10D,11D,12D2,13D,14D,17D,18D,19D2,20D2,22D2,31D;6D,9D,10D,12D2,17D,18D,19D2,20D2,22D2,31D;24D2. The third-order valence-corrected chi connectivity index (χ3v) is 21.9. The van der Waals surface area contributed by atoms with Gasteiger partial charge in [-0.1, -0.05) is 278 Å². The third-order valence-electron chi connectivity index (χ3n) is 21.9. The predicted molar refractivity (Wildman–Crippen MR) is 539 cm³/mol. The molecule has 0 saturated carbocycles. The molecule has 12 amide bonds. The number of aryl methyl sites for hydroxylation is 4. The molecule has 3 aliphatic rings. The van der Waals surface area contributed by atoms with Crippen molar-refractivity contribution in [3.05, 3.63) is 303 Å². The lowest BCUT2D eigenvalue weighted by molar-refractivity contribution is -0.129. The molecule has 0 aromatic heterocycles. The van der Waals surface area contributed by atoms with Crippen LogP contribution in [0.4, 0.5) is 14.4 Å². The summed E-state index contributed by atoms with van der Waals surface area (Å²) >= 11 is 0. The van der Waals surface area contributed by atoms with Crippen LogP contribution in [0.15, 0.2) is 236 Å². The van der Waals surface area contributed by atoms with Crippen molar-refractivity contribution in [1.82, 2.24) is 62.6 Å². The van der Waals surface area contributed by atoms with Crippen molar-refractivity contribution >= 4 is 53.5 Å². The Morgan fingerprint density at radius 3 is 1.12 bits per heavy atom. The van der Waals surface area contributed by atoms with Gasteiger partial charge >= 0.3 is 18.1 Å². The van der Waals surface area contributed by atoms with E-state index in [1.807, 2.05) is 85.9 Å². The van der Waals surface area contributed by atoms with Crippen molar-refractivity contribution in [2.24, 2.45) is 17.8 Å². The third kappa shape index (κ3) is 33.7. The molecule has 27 nitrogen and oxygen atoms in total. The highest BCUT2D eigenvalue weighted by atomic mass is 16.5. The summed E-state index contributed by atoms with van der Waals surface area (Å²) in [5.74, 6) is -9.35. The molecule has 0 spiro atoms. The van der Waals surface area contributed by atoms with Gasteiger partial charge in [0.2, 0.25) is 17.7 Å². The molecule has 0 unspecified atom stereocenters. The monoisotopic (exact) mass is 1920 g/mol.